The summed E-state index contributed by atoms with van der Waals surface area (Å²) in [5, 5.41) is 9.24. The fourth-order valence-corrected chi connectivity index (χ4v) is 2.09. The number of benzene rings is 2. The summed E-state index contributed by atoms with van der Waals surface area (Å²) >= 11 is 0. The molecule has 0 saturated carbocycles. The molecule has 0 aliphatic heterocycles. The van der Waals surface area contributed by atoms with Crippen molar-refractivity contribution >= 4 is 11.4 Å². The summed E-state index contributed by atoms with van der Waals surface area (Å²) in [5.41, 5.74) is 1.94. The first-order chi connectivity index (χ1) is 9.69. The van der Waals surface area contributed by atoms with Crippen molar-refractivity contribution in [1.82, 2.24) is 0 Å². The lowest BCUT2D eigenvalue weighted by Gasteiger charge is -2.24. The van der Waals surface area contributed by atoms with Gasteiger partial charge in [0.15, 0.2) is 0 Å². The van der Waals surface area contributed by atoms with Gasteiger partial charge in [0, 0.05) is 18.3 Å². The largest absolute Gasteiger partial charge is 0.497 e. The highest BCUT2D eigenvalue weighted by Crippen LogP contribution is 2.31. The van der Waals surface area contributed by atoms with Crippen molar-refractivity contribution in [2.45, 2.75) is 6.92 Å². The zero-order valence-corrected chi connectivity index (χ0v) is 11.4. The first-order valence-electron chi connectivity index (χ1n) is 6.30. The van der Waals surface area contributed by atoms with Gasteiger partial charge in [-0.2, -0.15) is 5.26 Å². The molecule has 0 radical (unpaired) electrons. The minimum atomic E-state index is -0.303. The highest BCUT2D eigenvalue weighted by atomic mass is 19.1. The summed E-state index contributed by atoms with van der Waals surface area (Å²) in [6.07, 6.45) is 0. The van der Waals surface area contributed by atoms with Crippen LogP contribution in [0.15, 0.2) is 42.5 Å². The predicted molar refractivity (Wildman–Crippen MR) is 76.8 cm³/mol. The Morgan fingerprint density at radius 3 is 2.65 bits per heavy atom. The van der Waals surface area contributed by atoms with Gasteiger partial charge in [-0.3, -0.25) is 0 Å². The van der Waals surface area contributed by atoms with Crippen LogP contribution in [-0.4, -0.2) is 13.7 Å². The minimum Gasteiger partial charge on any atom is -0.497 e. The molecule has 2 aromatic carbocycles. The maximum atomic E-state index is 13.4. The molecule has 0 fully saturated rings. The van der Waals surface area contributed by atoms with E-state index in [4.69, 9.17) is 4.74 Å². The number of hydrogen-bond donors (Lipinski definition) is 0. The maximum Gasteiger partial charge on any atom is 0.125 e. The number of nitrogens with zero attached hydrogens (tertiary/aromatic N) is 2. The van der Waals surface area contributed by atoms with Crippen LogP contribution in [-0.2, 0) is 0 Å². The number of nitriles is 1. The fourth-order valence-electron chi connectivity index (χ4n) is 2.09. The van der Waals surface area contributed by atoms with Crippen LogP contribution in [0.3, 0.4) is 0 Å². The standard InChI is InChI=1S/C16H15FN2O/c1-3-19(14-6-4-5-13(17)9-14)16-10-15(20-2)8-7-12(16)11-18/h4-10H,3H2,1-2H3. The van der Waals surface area contributed by atoms with Crippen LogP contribution in [0.2, 0.25) is 0 Å². The van der Waals surface area contributed by atoms with Crippen molar-refractivity contribution in [2.75, 3.05) is 18.6 Å². The Morgan fingerprint density at radius 2 is 2.05 bits per heavy atom. The average molecular weight is 270 g/mol. The third-order valence-corrected chi connectivity index (χ3v) is 3.05. The average Bonchev–Trinajstić information content (AvgIpc) is 2.48. The van der Waals surface area contributed by atoms with Crippen LogP contribution in [0.1, 0.15) is 12.5 Å². The molecule has 2 aromatic rings. The topological polar surface area (TPSA) is 36.3 Å². The maximum absolute atomic E-state index is 13.4. The van der Waals surface area contributed by atoms with Gasteiger partial charge in [-0.15, -0.1) is 0 Å². The van der Waals surface area contributed by atoms with Crippen LogP contribution >= 0.6 is 0 Å². The van der Waals surface area contributed by atoms with Gasteiger partial charge in [0.1, 0.15) is 17.6 Å². The lowest BCUT2D eigenvalue weighted by molar-refractivity contribution is 0.415. The molecular formula is C16H15FN2O. The number of ether oxygens (including phenoxy) is 1. The molecule has 0 atom stereocenters. The van der Waals surface area contributed by atoms with Gasteiger partial charge < -0.3 is 9.64 Å². The molecule has 2 rings (SSSR count). The molecule has 0 aromatic heterocycles. The van der Waals surface area contributed by atoms with Crippen molar-refractivity contribution in [3.8, 4) is 11.8 Å². The van der Waals surface area contributed by atoms with Gasteiger partial charge >= 0.3 is 0 Å². The van der Waals surface area contributed by atoms with Crippen LogP contribution < -0.4 is 9.64 Å². The SMILES string of the molecule is CCN(c1cccc(F)c1)c1cc(OC)ccc1C#N. The molecule has 3 nitrogen and oxygen atoms in total. The highest BCUT2D eigenvalue weighted by molar-refractivity contribution is 5.70. The monoisotopic (exact) mass is 270 g/mol. The van der Waals surface area contributed by atoms with Crippen molar-refractivity contribution in [3.05, 3.63) is 53.8 Å². The molecule has 0 N–H and O–H groups in total. The predicted octanol–water partition coefficient (Wildman–Crippen LogP) is 3.86. The van der Waals surface area contributed by atoms with Gasteiger partial charge in [0.05, 0.1) is 18.4 Å². The molecular weight excluding hydrogens is 255 g/mol. The quantitative estimate of drug-likeness (QED) is 0.846. The Labute approximate surface area is 117 Å². The van der Waals surface area contributed by atoms with Crippen LogP contribution in [0, 0.1) is 17.1 Å². The molecule has 0 saturated heterocycles. The van der Waals surface area contributed by atoms with Gasteiger partial charge in [-0.1, -0.05) is 6.07 Å². The molecule has 4 heteroatoms. The van der Waals surface area contributed by atoms with Crippen molar-refractivity contribution in [2.24, 2.45) is 0 Å². The van der Waals surface area contributed by atoms with E-state index in [1.807, 2.05) is 17.9 Å². The number of methoxy groups -OCH3 is 1. The van der Waals surface area contributed by atoms with Crippen LogP contribution in [0.5, 0.6) is 5.75 Å². The molecule has 102 valence electrons. The van der Waals surface area contributed by atoms with Crippen LogP contribution in [0.4, 0.5) is 15.8 Å². The van der Waals surface area contributed by atoms with Crippen LogP contribution in [0.25, 0.3) is 0 Å². The van der Waals surface area contributed by atoms with E-state index in [1.165, 1.54) is 12.1 Å². The molecule has 0 heterocycles. The van der Waals surface area contributed by atoms with E-state index in [1.54, 1.807) is 31.4 Å². The first kappa shape index (κ1) is 13.9. The summed E-state index contributed by atoms with van der Waals surface area (Å²) in [6.45, 7) is 2.57. The zero-order valence-electron chi connectivity index (χ0n) is 11.4. The summed E-state index contributed by atoms with van der Waals surface area (Å²) in [6, 6.07) is 13.7. The second-order valence-electron chi connectivity index (χ2n) is 4.22. The molecule has 0 aliphatic rings. The summed E-state index contributed by atoms with van der Waals surface area (Å²) in [7, 11) is 1.57. The first-order valence-corrected chi connectivity index (χ1v) is 6.30. The Bertz CT molecular complexity index is 649. The molecule has 0 spiro atoms. The van der Waals surface area contributed by atoms with E-state index in [-0.39, 0.29) is 5.82 Å². The normalized spacial score (nSPS) is 9.90. The lowest BCUT2D eigenvalue weighted by Crippen LogP contribution is -2.17. The molecule has 0 aliphatic carbocycles. The van der Waals surface area contributed by atoms with Crippen molar-refractivity contribution in [3.63, 3.8) is 0 Å². The van der Waals surface area contributed by atoms with Gasteiger partial charge in [-0.25, -0.2) is 4.39 Å². The summed E-state index contributed by atoms with van der Waals surface area (Å²) in [4.78, 5) is 1.88. The Hall–Kier alpha value is -2.54. The Kier molecular flexibility index (Phi) is 4.21. The van der Waals surface area contributed by atoms with E-state index < -0.39 is 0 Å². The smallest absolute Gasteiger partial charge is 0.125 e. The highest BCUT2D eigenvalue weighted by Gasteiger charge is 2.13. The van der Waals surface area contributed by atoms with E-state index in [0.717, 1.165) is 0 Å². The summed E-state index contributed by atoms with van der Waals surface area (Å²) in [5.74, 6) is 0.358. The molecule has 0 unspecified atom stereocenters. The molecule has 0 bridgehead atoms. The number of hydrogen-bond acceptors (Lipinski definition) is 3. The number of halogens is 1. The minimum absolute atomic E-state index is 0.303. The van der Waals surface area contributed by atoms with Gasteiger partial charge in [0.25, 0.3) is 0 Å². The lowest BCUT2D eigenvalue weighted by atomic mass is 10.1. The zero-order chi connectivity index (χ0) is 14.5. The third kappa shape index (κ3) is 2.72. The fraction of sp³-hybridized carbons (Fsp3) is 0.188. The summed E-state index contributed by atoms with van der Waals surface area (Å²) < 4.78 is 18.6. The Morgan fingerprint density at radius 1 is 1.25 bits per heavy atom. The van der Waals surface area contributed by atoms with E-state index >= 15 is 0 Å². The van der Waals surface area contributed by atoms with Crippen molar-refractivity contribution < 1.29 is 9.13 Å². The van der Waals surface area contributed by atoms with Crippen molar-refractivity contribution in [1.29, 1.82) is 5.26 Å². The molecule has 20 heavy (non-hydrogen) atoms. The second kappa shape index (κ2) is 6.07. The van der Waals surface area contributed by atoms with Gasteiger partial charge in [0.2, 0.25) is 0 Å². The third-order valence-electron chi connectivity index (χ3n) is 3.05. The van der Waals surface area contributed by atoms with Gasteiger partial charge in [-0.05, 0) is 37.3 Å². The molecule has 0 amide bonds. The number of anilines is 2. The van der Waals surface area contributed by atoms with E-state index in [9.17, 15) is 9.65 Å². The Balaban J connectivity index is 2.54. The van der Waals surface area contributed by atoms with E-state index in [2.05, 4.69) is 6.07 Å². The van der Waals surface area contributed by atoms with E-state index in [0.29, 0.717) is 29.2 Å². The second-order valence-corrected chi connectivity index (χ2v) is 4.22. The number of rotatable bonds is 4.